The van der Waals surface area contributed by atoms with Gasteiger partial charge in [-0.2, -0.15) is 0 Å². The van der Waals surface area contributed by atoms with Gasteiger partial charge in [0.2, 0.25) is 6.29 Å². The second-order valence-electron chi connectivity index (χ2n) is 6.67. The number of nitrogens with one attached hydrogen (secondary N) is 1. The van der Waals surface area contributed by atoms with Gasteiger partial charge in [-0.05, 0) is 35.4 Å². The number of aromatic amines is 1. The third kappa shape index (κ3) is 2.51. The molecule has 0 amide bonds. The lowest BCUT2D eigenvalue weighted by atomic mass is 10.0. The molecule has 0 spiro atoms. The van der Waals surface area contributed by atoms with Gasteiger partial charge in [0, 0.05) is 66.5 Å². The molecule has 6 nitrogen and oxygen atoms in total. The molecule has 0 aliphatic carbocycles. The summed E-state index contributed by atoms with van der Waals surface area (Å²) >= 11 is 0. The Morgan fingerprint density at radius 3 is 3.00 bits per heavy atom. The molecular weight excluding hydrogens is 326 g/mol. The summed E-state index contributed by atoms with van der Waals surface area (Å²) in [5.74, 6) is 0. The first-order chi connectivity index (χ1) is 12.8. The lowest BCUT2D eigenvalue weighted by molar-refractivity contribution is -0.133. The monoisotopic (exact) mass is 345 g/mol. The van der Waals surface area contributed by atoms with Gasteiger partial charge in [0.1, 0.15) is 0 Å². The van der Waals surface area contributed by atoms with Gasteiger partial charge < -0.3 is 4.98 Å². The van der Waals surface area contributed by atoms with Crippen LogP contribution in [0.5, 0.6) is 0 Å². The summed E-state index contributed by atoms with van der Waals surface area (Å²) in [6.07, 6.45) is 9.34. The van der Waals surface area contributed by atoms with E-state index in [4.69, 9.17) is 0 Å². The molecule has 0 saturated heterocycles. The van der Waals surface area contributed by atoms with Gasteiger partial charge >= 0.3 is 0 Å². The highest BCUT2D eigenvalue weighted by atomic mass is 16.5. The molecule has 2 aliphatic heterocycles. The van der Waals surface area contributed by atoms with Gasteiger partial charge in [0.15, 0.2) is 0 Å². The number of allylic oxidation sites excluding steroid dienone is 1. The summed E-state index contributed by atoms with van der Waals surface area (Å²) in [6.45, 7) is 1.60. The lowest BCUT2D eigenvalue weighted by Crippen LogP contribution is -2.46. The van der Waals surface area contributed by atoms with Gasteiger partial charge in [0.25, 0.3) is 0 Å². The number of pyridine rings is 1. The van der Waals surface area contributed by atoms with Crippen LogP contribution in [-0.2, 0) is 13.0 Å². The fourth-order valence-corrected chi connectivity index (χ4v) is 3.81. The van der Waals surface area contributed by atoms with E-state index in [2.05, 4.69) is 44.1 Å². The molecule has 0 fully saturated rings. The van der Waals surface area contributed by atoms with Crippen molar-refractivity contribution in [3.8, 4) is 11.1 Å². The number of fused-ring (bicyclic) bond motifs is 3. The van der Waals surface area contributed by atoms with E-state index in [9.17, 15) is 5.21 Å². The Balaban J connectivity index is 1.53. The molecule has 2 aromatic heterocycles. The molecular formula is C20H19N5O. The standard InChI is InChI=1S/C20H19N5O/c26-25-9-2-8-22-20(25)24-10-6-19-17(13-24)16-11-14(4-5-18(16)23-19)15-3-1-7-21-12-15/h1-5,7-9,11-12,20,23,26H,6,10,13H2. The summed E-state index contributed by atoms with van der Waals surface area (Å²) in [5, 5.41) is 12.5. The summed E-state index contributed by atoms with van der Waals surface area (Å²) in [5.41, 5.74) is 5.99. The predicted octanol–water partition coefficient (Wildman–Crippen LogP) is 3.16. The second-order valence-corrected chi connectivity index (χ2v) is 6.67. The molecule has 0 radical (unpaired) electrons. The lowest BCUT2D eigenvalue weighted by Gasteiger charge is -2.36. The van der Waals surface area contributed by atoms with Crippen molar-refractivity contribution in [1.82, 2.24) is 19.9 Å². The zero-order valence-electron chi connectivity index (χ0n) is 14.2. The molecule has 1 atom stereocenters. The molecule has 1 unspecified atom stereocenters. The number of hydrogen-bond donors (Lipinski definition) is 2. The van der Waals surface area contributed by atoms with E-state index in [0.717, 1.165) is 36.2 Å². The van der Waals surface area contributed by atoms with Crippen LogP contribution in [0.1, 0.15) is 11.3 Å². The van der Waals surface area contributed by atoms with Gasteiger partial charge in [-0.1, -0.05) is 12.1 Å². The highest BCUT2D eigenvalue weighted by Crippen LogP contribution is 2.32. The molecule has 130 valence electrons. The Hall–Kier alpha value is -2.96. The number of H-pyrrole nitrogens is 1. The van der Waals surface area contributed by atoms with Crippen LogP contribution >= 0.6 is 0 Å². The normalized spacial score (nSPS) is 19.9. The second kappa shape index (κ2) is 6.09. The minimum Gasteiger partial charge on any atom is -0.358 e. The van der Waals surface area contributed by atoms with E-state index < -0.39 is 0 Å². The first-order valence-corrected chi connectivity index (χ1v) is 8.75. The minimum absolute atomic E-state index is 0.361. The topological polar surface area (TPSA) is 67.8 Å². The number of aromatic nitrogens is 2. The molecule has 0 bridgehead atoms. The Bertz CT molecular complexity index is 1010. The summed E-state index contributed by atoms with van der Waals surface area (Å²) < 4.78 is 0. The van der Waals surface area contributed by atoms with Crippen molar-refractivity contribution in [1.29, 1.82) is 0 Å². The molecule has 3 aromatic rings. The summed E-state index contributed by atoms with van der Waals surface area (Å²) in [6, 6.07) is 10.5. The smallest absolute Gasteiger partial charge is 0.201 e. The van der Waals surface area contributed by atoms with E-state index in [1.165, 1.54) is 21.7 Å². The Morgan fingerprint density at radius 1 is 1.19 bits per heavy atom. The maximum Gasteiger partial charge on any atom is 0.201 e. The van der Waals surface area contributed by atoms with Crippen molar-refractivity contribution < 1.29 is 5.21 Å². The molecule has 26 heavy (non-hydrogen) atoms. The van der Waals surface area contributed by atoms with Crippen LogP contribution in [0.25, 0.3) is 22.0 Å². The van der Waals surface area contributed by atoms with Crippen LogP contribution in [0.4, 0.5) is 0 Å². The van der Waals surface area contributed by atoms with Crippen LogP contribution in [0.3, 0.4) is 0 Å². The van der Waals surface area contributed by atoms with Gasteiger partial charge in [-0.3, -0.25) is 20.1 Å². The maximum atomic E-state index is 10.1. The minimum atomic E-state index is -0.361. The van der Waals surface area contributed by atoms with E-state index >= 15 is 0 Å². The fourth-order valence-electron chi connectivity index (χ4n) is 3.81. The highest BCUT2D eigenvalue weighted by Gasteiger charge is 2.28. The molecule has 2 N–H and O–H groups in total. The molecule has 4 heterocycles. The van der Waals surface area contributed by atoms with Crippen LogP contribution in [0.2, 0.25) is 0 Å². The maximum absolute atomic E-state index is 10.1. The zero-order chi connectivity index (χ0) is 17.5. The molecule has 5 rings (SSSR count). The number of nitrogens with zero attached hydrogens (tertiary/aromatic N) is 4. The van der Waals surface area contributed by atoms with E-state index in [1.807, 2.05) is 12.3 Å². The molecule has 6 heteroatoms. The molecule has 0 saturated carbocycles. The first kappa shape index (κ1) is 15.3. The average Bonchev–Trinajstić information content (AvgIpc) is 3.06. The van der Waals surface area contributed by atoms with Crippen molar-refractivity contribution >= 4 is 17.1 Å². The third-order valence-corrected chi connectivity index (χ3v) is 5.11. The largest absolute Gasteiger partial charge is 0.358 e. The molecule has 1 aromatic carbocycles. The Labute approximate surface area is 151 Å². The van der Waals surface area contributed by atoms with E-state index in [0.29, 0.717) is 0 Å². The summed E-state index contributed by atoms with van der Waals surface area (Å²) in [7, 11) is 0. The zero-order valence-corrected chi connectivity index (χ0v) is 14.2. The number of aliphatic imine (C=N–C) groups is 1. The van der Waals surface area contributed by atoms with Crippen molar-refractivity contribution in [2.45, 2.75) is 19.3 Å². The third-order valence-electron chi connectivity index (χ3n) is 5.11. The van der Waals surface area contributed by atoms with E-state index in [1.54, 1.807) is 24.7 Å². The number of hydroxylamine groups is 2. The van der Waals surface area contributed by atoms with Crippen molar-refractivity contribution in [3.05, 3.63) is 66.3 Å². The molecule has 2 aliphatic rings. The number of hydrogen-bond acceptors (Lipinski definition) is 5. The Morgan fingerprint density at radius 2 is 2.15 bits per heavy atom. The first-order valence-electron chi connectivity index (χ1n) is 8.75. The van der Waals surface area contributed by atoms with Gasteiger partial charge in [0.05, 0.1) is 0 Å². The van der Waals surface area contributed by atoms with Crippen LogP contribution in [-0.4, -0.2) is 44.2 Å². The number of benzene rings is 1. The average molecular weight is 345 g/mol. The van der Waals surface area contributed by atoms with Crippen LogP contribution < -0.4 is 0 Å². The van der Waals surface area contributed by atoms with Gasteiger partial charge in [-0.25, -0.2) is 5.06 Å². The van der Waals surface area contributed by atoms with Crippen molar-refractivity contribution in [3.63, 3.8) is 0 Å². The quantitative estimate of drug-likeness (QED) is 0.749. The van der Waals surface area contributed by atoms with Crippen molar-refractivity contribution in [2.75, 3.05) is 6.54 Å². The Kier molecular flexibility index (Phi) is 3.58. The fraction of sp³-hybridized carbons (Fsp3) is 0.200. The van der Waals surface area contributed by atoms with Crippen molar-refractivity contribution in [2.24, 2.45) is 4.99 Å². The van der Waals surface area contributed by atoms with E-state index in [-0.39, 0.29) is 6.29 Å². The predicted molar refractivity (Wildman–Crippen MR) is 101 cm³/mol. The number of rotatable bonds is 2. The van der Waals surface area contributed by atoms with Gasteiger partial charge in [-0.15, -0.1) is 0 Å². The highest BCUT2D eigenvalue weighted by molar-refractivity contribution is 5.89. The SMILES string of the molecule is ON1C=CC=NC1N1CCc2[nH]c3ccc(-c4cccnc4)cc3c2C1. The van der Waals surface area contributed by atoms with Crippen LogP contribution in [0.15, 0.2) is 60.0 Å². The van der Waals surface area contributed by atoms with Crippen LogP contribution in [0, 0.1) is 0 Å². The summed E-state index contributed by atoms with van der Waals surface area (Å²) in [4.78, 5) is 14.4.